The summed E-state index contributed by atoms with van der Waals surface area (Å²) in [6.45, 7) is 7.32. The first kappa shape index (κ1) is 15.2. The van der Waals surface area contributed by atoms with E-state index in [2.05, 4.69) is 13.8 Å². The minimum atomic E-state index is -0.321. The number of carbonyl (C=O) groups is 1. The highest BCUT2D eigenvalue weighted by Crippen LogP contribution is 2.42. The number of benzene rings is 1. The molecular formula is C16H22ClNO2. The molecule has 0 aromatic heterocycles. The molecule has 1 fully saturated rings. The second kappa shape index (κ2) is 5.65. The highest BCUT2D eigenvalue weighted by molar-refractivity contribution is 6.18. The minimum absolute atomic E-state index is 0.0788. The Morgan fingerprint density at radius 2 is 1.95 bits per heavy atom. The third-order valence-electron chi connectivity index (χ3n) is 3.81. The van der Waals surface area contributed by atoms with Crippen LogP contribution in [0, 0.1) is 5.41 Å². The van der Waals surface area contributed by atoms with Crippen LogP contribution in [0.5, 0.6) is 0 Å². The molecule has 0 radical (unpaired) electrons. The molecular weight excluding hydrogens is 274 g/mol. The normalized spacial score (nSPS) is 24.7. The highest BCUT2D eigenvalue weighted by atomic mass is 35.5. The third kappa shape index (κ3) is 3.26. The van der Waals surface area contributed by atoms with Gasteiger partial charge in [-0.1, -0.05) is 44.2 Å². The van der Waals surface area contributed by atoms with Gasteiger partial charge in [0.25, 0.3) is 0 Å². The predicted octanol–water partition coefficient (Wildman–Crippen LogP) is 4.05. The monoisotopic (exact) mass is 295 g/mol. The maximum Gasteiger partial charge on any atom is 0.410 e. The molecule has 1 saturated heterocycles. The van der Waals surface area contributed by atoms with Crippen LogP contribution < -0.4 is 0 Å². The Hall–Kier alpha value is -1.22. The molecule has 1 atom stereocenters. The lowest BCUT2D eigenvalue weighted by Crippen LogP contribution is -2.46. The van der Waals surface area contributed by atoms with Gasteiger partial charge in [-0.2, -0.15) is 0 Å². The van der Waals surface area contributed by atoms with Crippen molar-refractivity contribution < 1.29 is 9.53 Å². The molecule has 1 aliphatic heterocycles. The van der Waals surface area contributed by atoms with Gasteiger partial charge in [-0.25, -0.2) is 4.79 Å². The summed E-state index contributed by atoms with van der Waals surface area (Å²) < 4.78 is 5.43. The Morgan fingerprint density at radius 3 is 2.55 bits per heavy atom. The summed E-state index contributed by atoms with van der Waals surface area (Å²) >= 11 is 6.08. The molecule has 1 heterocycles. The van der Waals surface area contributed by atoms with Gasteiger partial charge in [0.05, 0.1) is 5.54 Å². The molecule has 0 N–H and O–H groups in total. The van der Waals surface area contributed by atoms with Crippen molar-refractivity contribution in [1.29, 1.82) is 0 Å². The maximum atomic E-state index is 12.3. The Morgan fingerprint density at radius 1 is 1.30 bits per heavy atom. The topological polar surface area (TPSA) is 29.5 Å². The number of hydrogen-bond donors (Lipinski definition) is 0. The SMILES string of the molecule is CC1(C)CN(C(=O)OCc2ccccc2)C(C)(CCl)C1. The van der Waals surface area contributed by atoms with E-state index in [0.717, 1.165) is 12.0 Å². The fourth-order valence-electron chi connectivity index (χ4n) is 3.00. The van der Waals surface area contributed by atoms with Crippen molar-refractivity contribution in [2.45, 2.75) is 39.3 Å². The molecule has 2 rings (SSSR count). The van der Waals surface area contributed by atoms with Crippen molar-refractivity contribution in [2.24, 2.45) is 5.41 Å². The van der Waals surface area contributed by atoms with Gasteiger partial charge in [0, 0.05) is 12.4 Å². The van der Waals surface area contributed by atoms with Gasteiger partial charge < -0.3 is 9.64 Å². The summed E-state index contributed by atoms with van der Waals surface area (Å²) in [5.74, 6) is 0.427. The minimum Gasteiger partial charge on any atom is -0.445 e. The van der Waals surface area contributed by atoms with Crippen LogP contribution in [0.1, 0.15) is 32.8 Å². The number of hydrogen-bond acceptors (Lipinski definition) is 2. The van der Waals surface area contributed by atoms with Gasteiger partial charge >= 0.3 is 6.09 Å². The number of amides is 1. The summed E-state index contributed by atoms with van der Waals surface area (Å²) in [6.07, 6.45) is 0.617. The van der Waals surface area contributed by atoms with Gasteiger partial charge in [0.2, 0.25) is 0 Å². The van der Waals surface area contributed by atoms with Gasteiger partial charge in [0.15, 0.2) is 0 Å². The van der Waals surface area contributed by atoms with Crippen molar-refractivity contribution in [2.75, 3.05) is 12.4 Å². The quantitative estimate of drug-likeness (QED) is 0.787. The standard InChI is InChI=1S/C16H22ClNO2/c1-15(2)10-16(3,11-17)18(12-15)14(19)20-9-13-7-5-4-6-8-13/h4-8H,9-12H2,1-3H3. The summed E-state index contributed by atoms with van der Waals surface area (Å²) in [5, 5.41) is 0. The van der Waals surface area contributed by atoms with E-state index in [1.807, 2.05) is 37.3 Å². The van der Waals surface area contributed by atoms with Crippen molar-refractivity contribution in [3.05, 3.63) is 35.9 Å². The largest absolute Gasteiger partial charge is 0.445 e. The molecule has 4 heteroatoms. The Balaban J connectivity index is 2.01. The van der Waals surface area contributed by atoms with E-state index in [1.54, 1.807) is 4.90 Å². The van der Waals surface area contributed by atoms with E-state index in [0.29, 0.717) is 19.0 Å². The van der Waals surface area contributed by atoms with E-state index >= 15 is 0 Å². The molecule has 0 aliphatic carbocycles. The van der Waals surface area contributed by atoms with Crippen LogP contribution in [0.2, 0.25) is 0 Å². The summed E-state index contributed by atoms with van der Waals surface area (Å²) in [7, 11) is 0. The van der Waals surface area contributed by atoms with Crippen LogP contribution in [0.3, 0.4) is 0 Å². The molecule has 0 bridgehead atoms. The van der Waals surface area contributed by atoms with Gasteiger partial charge in [0.1, 0.15) is 6.61 Å². The van der Waals surface area contributed by atoms with Crippen LogP contribution in [0.4, 0.5) is 4.79 Å². The summed E-state index contributed by atoms with van der Waals surface area (Å²) in [6, 6.07) is 9.71. The first-order valence-electron chi connectivity index (χ1n) is 6.91. The lowest BCUT2D eigenvalue weighted by Gasteiger charge is -2.32. The van der Waals surface area contributed by atoms with Crippen molar-refractivity contribution >= 4 is 17.7 Å². The Labute approximate surface area is 125 Å². The zero-order chi connectivity index (χ0) is 14.8. The third-order valence-corrected chi connectivity index (χ3v) is 4.39. The second-order valence-electron chi connectivity index (χ2n) is 6.60. The van der Waals surface area contributed by atoms with Crippen LogP contribution in [-0.4, -0.2) is 29.0 Å². The van der Waals surface area contributed by atoms with Gasteiger partial charge in [-0.15, -0.1) is 11.6 Å². The first-order valence-corrected chi connectivity index (χ1v) is 7.44. The average Bonchev–Trinajstić information content (AvgIpc) is 2.68. The molecule has 1 unspecified atom stereocenters. The van der Waals surface area contributed by atoms with E-state index in [4.69, 9.17) is 16.3 Å². The van der Waals surface area contributed by atoms with E-state index < -0.39 is 0 Å². The number of nitrogens with zero attached hydrogens (tertiary/aromatic N) is 1. The number of rotatable bonds is 3. The second-order valence-corrected chi connectivity index (χ2v) is 6.87. The zero-order valence-electron chi connectivity index (χ0n) is 12.4. The van der Waals surface area contributed by atoms with E-state index in [-0.39, 0.29) is 17.0 Å². The smallest absolute Gasteiger partial charge is 0.410 e. The molecule has 20 heavy (non-hydrogen) atoms. The van der Waals surface area contributed by atoms with Gasteiger partial charge in [-0.3, -0.25) is 0 Å². The highest BCUT2D eigenvalue weighted by Gasteiger charge is 2.48. The number of carbonyl (C=O) groups excluding carboxylic acids is 1. The fraction of sp³-hybridized carbons (Fsp3) is 0.562. The van der Waals surface area contributed by atoms with Crippen molar-refractivity contribution in [1.82, 2.24) is 4.90 Å². The summed E-state index contributed by atoms with van der Waals surface area (Å²) in [5.41, 5.74) is 0.751. The summed E-state index contributed by atoms with van der Waals surface area (Å²) in [4.78, 5) is 14.1. The Bertz CT molecular complexity index is 475. The van der Waals surface area contributed by atoms with E-state index in [1.165, 1.54) is 0 Å². The van der Waals surface area contributed by atoms with Crippen LogP contribution in [0.25, 0.3) is 0 Å². The molecule has 1 aromatic rings. The van der Waals surface area contributed by atoms with Crippen LogP contribution in [0.15, 0.2) is 30.3 Å². The molecule has 1 aromatic carbocycles. The van der Waals surface area contributed by atoms with Crippen molar-refractivity contribution in [3.63, 3.8) is 0 Å². The predicted molar refractivity (Wildman–Crippen MR) is 80.9 cm³/mol. The van der Waals surface area contributed by atoms with Crippen molar-refractivity contribution in [3.8, 4) is 0 Å². The first-order chi connectivity index (χ1) is 9.36. The molecule has 0 saturated carbocycles. The molecule has 110 valence electrons. The maximum absolute atomic E-state index is 12.3. The zero-order valence-corrected chi connectivity index (χ0v) is 13.1. The van der Waals surface area contributed by atoms with Gasteiger partial charge in [-0.05, 0) is 24.3 Å². The Kier molecular flexibility index (Phi) is 4.28. The molecule has 0 spiro atoms. The number of halogens is 1. The van der Waals surface area contributed by atoms with Crippen LogP contribution in [-0.2, 0) is 11.3 Å². The lowest BCUT2D eigenvalue weighted by molar-refractivity contribution is 0.0750. The lowest BCUT2D eigenvalue weighted by atomic mass is 9.86. The number of ether oxygens (including phenoxy) is 1. The molecule has 1 amide bonds. The van der Waals surface area contributed by atoms with E-state index in [9.17, 15) is 4.79 Å². The molecule has 1 aliphatic rings. The molecule has 3 nitrogen and oxygen atoms in total. The number of alkyl halides is 1. The number of likely N-dealkylation sites (tertiary alicyclic amines) is 1. The van der Waals surface area contributed by atoms with Crippen LogP contribution >= 0.6 is 11.6 Å². The fourth-order valence-corrected chi connectivity index (χ4v) is 3.24. The average molecular weight is 296 g/mol.